The second-order valence-electron chi connectivity index (χ2n) is 8.48. The number of amides is 1. The summed E-state index contributed by atoms with van der Waals surface area (Å²) in [6, 6.07) is 0. The van der Waals surface area contributed by atoms with Crippen molar-refractivity contribution in [3.63, 3.8) is 0 Å². The second kappa shape index (κ2) is 11.9. The van der Waals surface area contributed by atoms with Crippen LogP contribution in [-0.2, 0) is 16.3 Å². The number of aliphatic hydroxyl groups is 2. The average Bonchev–Trinajstić information content (AvgIpc) is 3.23. The second-order valence-corrected chi connectivity index (χ2v) is 8.48. The van der Waals surface area contributed by atoms with Crippen molar-refractivity contribution in [3.8, 4) is 11.8 Å². The third kappa shape index (κ3) is 6.41. The van der Waals surface area contributed by atoms with E-state index in [-0.39, 0.29) is 12.5 Å². The number of ether oxygens (including phenoxy) is 1. The van der Waals surface area contributed by atoms with Gasteiger partial charge in [0.15, 0.2) is 17.6 Å². The maximum absolute atomic E-state index is 12.2. The SMILES string of the molecule is CCNC(=O)[C@@H](OCn1cnc2c(N)nc(C#CCC3CCC(CC)CC3)nc21)C(O)CO. The van der Waals surface area contributed by atoms with Crippen molar-refractivity contribution < 1.29 is 19.7 Å². The molecule has 0 aliphatic heterocycles. The highest BCUT2D eigenvalue weighted by molar-refractivity contribution is 5.82. The van der Waals surface area contributed by atoms with Gasteiger partial charge in [-0.25, -0.2) is 15.0 Å². The molecule has 2 heterocycles. The molecule has 0 saturated heterocycles. The van der Waals surface area contributed by atoms with Crippen molar-refractivity contribution in [1.82, 2.24) is 24.8 Å². The minimum absolute atomic E-state index is 0.126. The molecule has 1 saturated carbocycles. The Morgan fingerprint density at radius 2 is 2.03 bits per heavy atom. The number of carbonyl (C=O) groups excluding carboxylic acids is 1. The van der Waals surface area contributed by atoms with Gasteiger partial charge in [0.2, 0.25) is 5.82 Å². The van der Waals surface area contributed by atoms with E-state index in [0.29, 0.717) is 29.5 Å². The van der Waals surface area contributed by atoms with Crippen molar-refractivity contribution in [2.75, 3.05) is 18.9 Å². The van der Waals surface area contributed by atoms with Gasteiger partial charge in [0.05, 0.1) is 12.9 Å². The Bertz CT molecular complexity index is 990. The molecule has 1 fully saturated rings. The smallest absolute Gasteiger partial charge is 0.252 e. The lowest BCUT2D eigenvalue weighted by molar-refractivity contribution is -0.147. The predicted octanol–water partition coefficient (Wildman–Crippen LogP) is 1.20. The monoisotopic (exact) mass is 458 g/mol. The first-order valence-corrected chi connectivity index (χ1v) is 11.6. The number of hydrogen-bond acceptors (Lipinski definition) is 8. The molecule has 2 aromatic heterocycles. The Morgan fingerprint density at radius 3 is 2.70 bits per heavy atom. The number of nitrogens with two attached hydrogens (primary N) is 1. The standard InChI is InChI=1S/C23H34N6O4/c1-3-15-8-10-16(11-9-15)6-5-7-18-27-21(24)19-22(28-18)29(13-26-19)14-33-20(17(31)12-30)23(32)25-4-2/h13,15-17,20,30-31H,3-4,6,8-12,14H2,1-2H3,(H,25,32)(H2,24,27,28)/t15?,16?,17?,20-/m0/s1. The molecule has 1 aliphatic carbocycles. The van der Waals surface area contributed by atoms with Crippen LogP contribution in [0.25, 0.3) is 11.2 Å². The highest BCUT2D eigenvalue weighted by atomic mass is 16.5. The number of aliphatic hydroxyl groups excluding tert-OH is 2. The number of carbonyl (C=O) groups is 1. The summed E-state index contributed by atoms with van der Waals surface area (Å²) in [5.41, 5.74) is 6.88. The predicted molar refractivity (Wildman–Crippen MR) is 124 cm³/mol. The van der Waals surface area contributed by atoms with Gasteiger partial charge in [0.1, 0.15) is 18.4 Å². The number of imidazole rings is 1. The summed E-state index contributed by atoms with van der Waals surface area (Å²) in [4.78, 5) is 25.1. The Labute approximate surface area is 194 Å². The van der Waals surface area contributed by atoms with E-state index in [4.69, 9.17) is 10.5 Å². The number of nitrogens with zero attached hydrogens (tertiary/aromatic N) is 4. The number of fused-ring (bicyclic) bond motifs is 1. The van der Waals surface area contributed by atoms with Crippen LogP contribution < -0.4 is 11.1 Å². The average molecular weight is 459 g/mol. The molecular weight excluding hydrogens is 424 g/mol. The number of rotatable bonds is 9. The van der Waals surface area contributed by atoms with E-state index in [1.807, 2.05) is 0 Å². The normalized spacial score (nSPS) is 20.1. The van der Waals surface area contributed by atoms with Gasteiger partial charge < -0.3 is 26.0 Å². The molecule has 1 unspecified atom stereocenters. The van der Waals surface area contributed by atoms with E-state index in [9.17, 15) is 15.0 Å². The Morgan fingerprint density at radius 1 is 1.30 bits per heavy atom. The van der Waals surface area contributed by atoms with E-state index in [1.54, 1.807) is 11.5 Å². The Hall–Kier alpha value is -2.74. The van der Waals surface area contributed by atoms with Crippen LogP contribution in [0, 0.1) is 23.7 Å². The van der Waals surface area contributed by atoms with E-state index in [1.165, 1.54) is 38.4 Å². The van der Waals surface area contributed by atoms with E-state index in [0.717, 1.165) is 12.3 Å². The lowest BCUT2D eigenvalue weighted by atomic mass is 9.80. The maximum atomic E-state index is 12.2. The number of anilines is 1. The van der Waals surface area contributed by atoms with E-state index in [2.05, 4.69) is 39.0 Å². The van der Waals surface area contributed by atoms with Gasteiger partial charge in [-0.05, 0) is 37.5 Å². The molecule has 3 rings (SSSR count). The molecule has 0 aromatic carbocycles. The molecule has 10 heteroatoms. The van der Waals surface area contributed by atoms with Crippen molar-refractivity contribution in [1.29, 1.82) is 0 Å². The van der Waals surface area contributed by atoms with Crippen LogP contribution in [0.5, 0.6) is 0 Å². The first kappa shape index (κ1) is 24.9. The zero-order chi connectivity index (χ0) is 23.8. The Kier molecular flexibility index (Phi) is 9.00. The zero-order valence-corrected chi connectivity index (χ0v) is 19.3. The first-order chi connectivity index (χ1) is 16.0. The van der Waals surface area contributed by atoms with Gasteiger partial charge >= 0.3 is 0 Å². The number of likely N-dealkylation sites (N-methyl/N-ethyl adjacent to an activating group) is 1. The first-order valence-electron chi connectivity index (χ1n) is 11.6. The molecule has 2 aromatic rings. The van der Waals surface area contributed by atoms with Crippen molar-refractivity contribution >= 4 is 22.9 Å². The molecular formula is C23H34N6O4. The number of hydrogen-bond donors (Lipinski definition) is 4. The van der Waals surface area contributed by atoms with Gasteiger partial charge in [-0.15, -0.1) is 0 Å². The minimum atomic E-state index is -1.36. The van der Waals surface area contributed by atoms with Crippen LogP contribution in [0.3, 0.4) is 0 Å². The fraction of sp³-hybridized carbons (Fsp3) is 0.652. The van der Waals surface area contributed by atoms with Gasteiger partial charge in [-0.2, -0.15) is 0 Å². The molecule has 33 heavy (non-hydrogen) atoms. The topological polar surface area (TPSA) is 148 Å². The maximum Gasteiger partial charge on any atom is 0.252 e. The van der Waals surface area contributed by atoms with Crippen LogP contribution >= 0.6 is 0 Å². The third-order valence-corrected chi connectivity index (χ3v) is 6.16. The molecule has 2 atom stereocenters. The summed E-state index contributed by atoms with van der Waals surface area (Å²) in [5, 5.41) is 21.8. The number of nitrogens with one attached hydrogen (secondary N) is 1. The van der Waals surface area contributed by atoms with Crippen molar-refractivity contribution in [3.05, 3.63) is 12.2 Å². The van der Waals surface area contributed by atoms with Crippen LogP contribution in [0.1, 0.15) is 58.2 Å². The summed E-state index contributed by atoms with van der Waals surface area (Å²) in [6.07, 6.45) is 5.92. The number of aromatic nitrogens is 4. The van der Waals surface area contributed by atoms with Crippen LogP contribution in [0.2, 0.25) is 0 Å². The van der Waals surface area contributed by atoms with Crippen molar-refractivity contribution in [2.24, 2.45) is 11.8 Å². The molecule has 5 N–H and O–H groups in total. The van der Waals surface area contributed by atoms with Gasteiger partial charge in [-0.3, -0.25) is 9.36 Å². The molecule has 180 valence electrons. The molecule has 1 amide bonds. The van der Waals surface area contributed by atoms with Gasteiger partial charge in [0.25, 0.3) is 5.91 Å². The summed E-state index contributed by atoms with van der Waals surface area (Å²) >= 11 is 0. The van der Waals surface area contributed by atoms with Crippen molar-refractivity contribution in [2.45, 2.75) is 71.3 Å². The quantitative estimate of drug-likeness (QED) is 0.410. The van der Waals surface area contributed by atoms with E-state index < -0.39 is 24.7 Å². The van der Waals surface area contributed by atoms with Crippen LogP contribution in [0.4, 0.5) is 5.82 Å². The summed E-state index contributed by atoms with van der Waals surface area (Å²) < 4.78 is 7.14. The molecule has 10 nitrogen and oxygen atoms in total. The van der Waals surface area contributed by atoms with Crippen LogP contribution in [-0.4, -0.2) is 61.0 Å². The lowest BCUT2D eigenvalue weighted by Crippen LogP contribution is -2.45. The summed E-state index contributed by atoms with van der Waals surface area (Å²) in [5.74, 6) is 7.70. The molecule has 0 spiro atoms. The third-order valence-electron chi connectivity index (χ3n) is 6.16. The highest BCUT2D eigenvalue weighted by Crippen LogP contribution is 2.32. The number of nitrogen functional groups attached to an aromatic ring is 1. The van der Waals surface area contributed by atoms with E-state index >= 15 is 0 Å². The molecule has 0 radical (unpaired) electrons. The van der Waals surface area contributed by atoms with Gasteiger partial charge in [0, 0.05) is 13.0 Å². The minimum Gasteiger partial charge on any atom is -0.394 e. The lowest BCUT2D eigenvalue weighted by Gasteiger charge is -2.26. The largest absolute Gasteiger partial charge is 0.394 e. The summed E-state index contributed by atoms with van der Waals surface area (Å²) in [7, 11) is 0. The zero-order valence-electron chi connectivity index (χ0n) is 19.3. The fourth-order valence-corrected chi connectivity index (χ4v) is 4.13. The highest BCUT2D eigenvalue weighted by Gasteiger charge is 2.27. The summed E-state index contributed by atoms with van der Waals surface area (Å²) in [6.45, 7) is 3.65. The molecule has 0 bridgehead atoms. The van der Waals surface area contributed by atoms with Gasteiger partial charge in [-0.1, -0.05) is 32.1 Å². The Balaban J connectivity index is 1.70. The molecule has 1 aliphatic rings. The fourth-order valence-electron chi connectivity index (χ4n) is 4.13. The van der Waals surface area contributed by atoms with Crippen LogP contribution in [0.15, 0.2) is 6.33 Å².